The molecule has 0 saturated carbocycles. The second-order valence-corrected chi connectivity index (χ2v) is 9.13. The maximum absolute atomic E-state index is 12.0. The molecule has 2 aromatic carbocycles. The van der Waals surface area contributed by atoms with Crippen molar-refractivity contribution in [2.45, 2.75) is 97.3 Å². The van der Waals surface area contributed by atoms with Gasteiger partial charge in [0.15, 0.2) is 0 Å². The van der Waals surface area contributed by atoms with Gasteiger partial charge in [-0.25, -0.2) is 0 Å². The second-order valence-electron chi connectivity index (χ2n) is 9.13. The van der Waals surface area contributed by atoms with Gasteiger partial charge in [-0.2, -0.15) is 10.2 Å². The summed E-state index contributed by atoms with van der Waals surface area (Å²) in [6, 6.07) is 15.4. The third-order valence-electron chi connectivity index (χ3n) is 5.95. The minimum absolute atomic E-state index is 0.255. The first-order valence-electron chi connectivity index (χ1n) is 13.6. The first-order chi connectivity index (χ1) is 17.2. The zero-order valence-electron chi connectivity index (χ0n) is 21.8. The Balaban J connectivity index is 1.64. The summed E-state index contributed by atoms with van der Waals surface area (Å²) in [5, 5.41) is 8.61. The Morgan fingerprint density at radius 1 is 0.657 bits per heavy atom. The minimum Gasteiger partial charge on any atom is -0.426 e. The maximum Gasteiger partial charge on any atom is 0.313 e. The molecular weight excluding hydrogens is 436 g/mol. The first kappa shape index (κ1) is 28.7. The Bertz CT molecular complexity index is 832. The van der Waals surface area contributed by atoms with Gasteiger partial charge in [0.25, 0.3) is 0 Å². The van der Waals surface area contributed by atoms with Gasteiger partial charge in [0, 0.05) is 6.61 Å². The lowest BCUT2D eigenvalue weighted by Gasteiger charge is -2.06. The molecule has 2 rings (SSSR count). The Morgan fingerprint density at radius 2 is 1.20 bits per heavy atom. The molecule has 0 unspecified atom stereocenters. The van der Waals surface area contributed by atoms with E-state index < -0.39 is 0 Å². The molecule has 0 bridgehead atoms. The molecule has 0 atom stereocenters. The van der Waals surface area contributed by atoms with E-state index in [1.807, 2.05) is 12.1 Å². The summed E-state index contributed by atoms with van der Waals surface area (Å²) in [7, 11) is 0. The van der Waals surface area contributed by atoms with Crippen LogP contribution in [0.3, 0.4) is 0 Å². The van der Waals surface area contributed by atoms with E-state index in [1.165, 1.54) is 69.8 Å². The van der Waals surface area contributed by atoms with Gasteiger partial charge in [-0.05, 0) is 61.2 Å². The molecule has 0 aromatic heterocycles. The van der Waals surface area contributed by atoms with Crippen LogP contribution < -0.4 is 4.74 Å². The summed E-state index contributed by atoms with van der Waals surface area (Å²) in [4.78, 5) is 12.0. The van der Waals surface area contributed by atoms with Crippen molar-refractivity contribution in [1.29, 1.82) is 0 Å². The fourth-order valence-corrected chi connectivity index (χ4v) is 3.78. The molecule has 2 aromatic rings. The van der Waals surface area contributed by atoms with E-state index >= 15 is 0 Å². The number of unbranched alkanes of at least 4 members (excludes halogenated alkanes) is 9. The average Bonchev–Trinajstić information content (AvgIpc) is 2.88. The van der Waals surface area contributed by atoms with E-state index in [0.717, 1.165) is 18.5 Å². The fourth-order valence-electron chi connectivity index (χ4n) is 3.78. The van der Waals surface area contributed by atoms with E-state index in [9.17, 15) is 4.79 Å². The average molecular weight is 481 g/mol. The summed E-state index contributed by atoms with van der Waals surface area (Å²) in [6.45, 7) is 5.56. The molecule has 0 radical (unpaired) electrons. The smallest absolute Gasteiger partial charge is 0.313 e. The predicted octanol–water partition coefficient (Wildman–Crippen LogP) is 9.29. The zero-order valence-corrected chi connectivity index (χ0v) is 21.8. The molecule has 0 aliphatic carbocycles. The number of rotatable bonds is 19. The molecule has 5 nitrogen and oxygen atoms in total. The molecule has 0 saturated heterocycles. The van der Waals surface area contributed by atoms with Crippen molar-refractivity contribution in [1.82, 2.24) is 0 Å². The number of hydrogen-bond donors (Lipinski definition) is 0. The minimum atomic E-state index is -0.286. The van der Waals surface area contributed by atoms with Crippen molar-refractivity contribution in [3.8, 4) is 5.75 Å². The topological polar surface area (TPSA) is 60.2 Å². The Hall–Kier alpha value is -2.53. The van der Waals surface area contributed by atoms with E-state index in [-0.39, 0.29) is 12.4 Å². The highest BCUT2D eigenvalue weighted by Gasteiger charge is 2.05. The van der Waals surface area contributed by atoms with Crippen molar-refractivity contribution >= 4 is 17.3 Å². The van der Waals surface area contributed by atoms with Crippen molar-refractivity contribution in [3.05, 3.63) is 54.1 Å². The van der Waals surface area contributed by atoms with Gasteiger partial charge >= 0.3 is 5.97 Å². The molecule has 0 fully saturated rings. The number of hydrogen-bond acceptors (Lipinski definition) is 5. The monoisotopic (exact) mass is 480 g/mol. The normalized spacial score (nSPS) is 11.3. The van der Waals surface area contributed by atoms with Crippen LogP contribution in [0.2, 0.25) is 0 Å². The van der Waals surface area contributed by atoms with E-state index in [1.54, 1.807) is 24.3 Å². The van der Waals surface area contributed by atoms with Gasteiger partial charge in [-0.1, -0.05) is 83.8 Å². The van der Waals surface area contributed by atoms with Gasteiger partial charge < -0.3 is 9.47 Å². The lowest BCUT2D eigenvalue weighted by Crippen LogP contribution is -2.11. The van der Waals surface area contributed by atoms with E-state index in [4.69, 9.17) is 9.47 Å². The molecule has 192 valence electrons. The van der Waals surface area contributed by atoms with Crippen molar-refractivity contribution < 1.29 is 14.3 Å². The lowest BCUT2D eigenvalue weighted by atomic mass is 10.0. The maximum atomic E-state index is 12.0. The Kier molecular flexibility index (Phi) is 15.4. The predicted molar refractivity (Wildman–Crippen MR) is 144 cm³/mol. The third-order valence-corrected chi connectivity index (χ3v) is 5.95. The number of benzene rings is 2. The molecule has 0 spiro atoms. The van der Waals surface area contributed by atoms with Crippen LogP contribution in [0, 0.1) is 0 Å². The van der Waals surface area contributed by atoms with Gasteiger partial charge in [0.2, 0.25) is 0 Å². The summed E-state index contributed by atoms with van der Waals surface area (Å²) in [5.41, 5.74) is 2.90. The summed E-state index contributed by atoms with van der Waals surface area (Å²) in [6.07, 6.45) is 15.3. The molecular formula is C30H44N2O3. The van der Waals surface area contributed by atoms with E-state index in [0.29, 0.717) is 24.7 Å². The molecule has 35 heavy (non-hydrogen) atoms. The van der Waals surface area contributed by atoms with Crippen LogP contribution in [0.5, 0.6) is 5.75 Å². The van der Waals surface area contributed by atoms with Gasteiger partial charge in [0.1, 0.15) is 5.75 Å². The van der Waals surface area contributed by atoms with Crippen LogP contribution in [-0.4, -0.2) is 19.2 Å². The number of nitrogens with zero attached hydrogens (tertiary/aromatic N) is 2. The highest BCUT2D eigenvalue weighted by Crippen LogP contribution is 2.22. The molecule has 0 aliphatic rings. The van der Waals surface area contributed by atoms with Crippen LogP contribution in [0.1, 0.15) is 96.5 Å². The van der Waals surface area contributed by atoms with Crippen LogP contribution in [0.4, 0.5) is 11.4 Å². The highest BCUT2D eigenvalue weighted by molar-refractivity contribution is 5.72. The van der Waals surface area contributed by atoms with Gasteiger partial charge in [-0.3, -0.25) is 4.79 Å². The lowest BCUT2D eigenvalue weighted by molar-refractivity contribution is -0.135. The molecule has 0 amide bonds. The van der Waals surface area contributed by atoms with Crippen LogP contribution in [-0.2, 0) is 16.0 Å². The first-order valence-corrected chi connectivity index (χ1v) is 13.6. The fraction of sp³-hybridized carbons (Fsp3) is 0.567. The molecule has 5 heteroatoms. The molecule has 0 N–H and O–H groups in total. The van der Waals surface area contributed by atoms with Crippen molar-refractivity contribution in [2.75, 3.05) is 13.2 Å². The number of carbonyl (C=O) groups excluding carboxylic acids is 1. The Labute approximate surface area is 212 Å². The summed E-state index contributed by atoms with van der Waals surface area (Å²) < 4.78 is 10.9. The van der Waals surface area contributed by atoms with Gasteiger partial charge in [-0.15, -0.1) is 0 Å². The van der Waals surface area contributed by atoms with Gasteiger partial charge in [0.05, 0.1) is 24.4 Å². The second kappa shape index (κ2) is 18.8. The van der Waals surface area contributed by atoms with Crippen molar-refractivity contribution in [3.63, 3.8) is 0 Å². The van der Waals surface area contributed by atoms with Crippen LogP contribution in [0.15, 0.2) is 58.8 Å². The van der Waals surface area contributed by atoms with Crippen LogP contribution in [0.25, 0.3) is 0 Å². The van der Waals surface area contributed by atoms with E-state index in [2.05, 4.69) is 36.2 Å². The highest BCUT2D eigenvalue weighted by atomic mass is 16.5. The molecule has 0 heterocycles. The number of azo groups is 1. The number of carbonyl (C=O) groups is 1. The summed E-state index contributed by atoms with van der Waals surface area (Å²) >= 11 is 0. The van der Waals surface area contributed by atoms with Crippen molar-refractivity contribution in [2.24, 2.45) is 10.2 Å². The summed E-state index contributed by atoms with van der Waals surface area (Å²) in [5.74, 6) is 0.221. The number of ether oxygens (including phenoxy) is 2. The largest absolute Gasteiger partial charge is 0.426 e. The van der Waals surface area contributed by atoms with Crippen LogP contribution >= 0.6 is 0 Å². The zero-order chi connectivity index (χ0) is 25.0. The number of aryl methyl sites for hydroxylation is 1. The third kappa shape index (κ3) is 13.8. The molecule has 0 aliphatic heterocycles. The quantitative estimate of drug-likeness (QED) is 0.0871. The standard InChI is InChI=1S/C30H44N2O3/c1-3-5-7-9-10-12-14-26-15-17-27(18-16-26)31-32-28-19-21-29(22-20-28)35-30(33)23-25-34-24-13-11-8-6-4-2/h15-22H,3-14,23-25H2,1-2H3. The Morgan fingerprint density at radius 3 is 1.83 bits per heavy atom. The SMILES string of the molecule is CCCCCCCCc1ccc(N=Nc2ccc(OC(=O)CCOCCCCCCC)cc2)cc1. The number of esters is 1.